The molecule has 2 heterocycles. The predicted molar refractivity (Wildman–Crippen MR) is 60.5 cm³/mol. The SMILES string of the molecule is C[C@@H]1CN(C(=O)Nc2nncs2)C[C@H](C)O1. The molecule has 6 nitrogen and oxygen atoms in total. The Labute approximate surface area is 97.6 Å². The molecular formula is C9H14N4O2S. The van der Waals surface area contributed by atoms with E-state index in [4.69, 9.17) is 4.74 Å². The first-order valence-electron chi connectivity index (χ1n) is 5.12. The lowest BCUT2D eigenvalue weighted by Gasteiger charge is -2.34. The summed E-state index contributed by atoms with van der Waals surface area (Å²) in [5.41, 5.74) is 1.58. The third kappa shape index (κ3) is 2.67. The molecule has 2 atom stereocenters. The molecule has 1 aliphatic heterocycles. The predicted octanol–water partition coefficient (Wildman–Crippen LogP) is 1.18. The number of nitrogens with one attached hydrogen (secondary N) is 1. The van der Waals surface area contributed by atoms with Crippen LogP contribution < -0.4 is 5.32 Å². The Bertz CT molecular complexity index is 346. The molecule has 1 aromatic heterocycles. The van der Waals surface area contributed by atoms with E-state index < -0.39 is 0 Å². The summed E-state index contributed by atoms with van der Waals surface area (Å²) in [5, 5.41) is 10.7. The first kappa shape index (κ1) is 11.3. The van der Waals surface area contributed by atoms with Gasteiger partial charge < -0.3 is 9.64 Å². The van der Waals surface area contributed by atoms with Crippen molar-refractivity contribution >= 4 is 22.5 Å². The molecule has 0 unspecified atom stereocenters. The lowest BCUT2D eigenvalue weighted by Crippen LogP contribution is -2.49. The minimum atomic E-state index is -0.140. The molecule has 0 spiro atoms. The molecule has 1 saturated heterocycles. The molecule has 2 amide bonds. The fourth-order valence-corrected chi connectivity index (χ4v) is 2.18. The van der Waals surface area contributed by atoms with Crippen LogP contribution in [0.5, 0.6) is 0 Å². The molecule has 0 bridgehead atoms. The second kappa shape index (κ2) is 4.75. The molecule has 88 valence electrons. The minimum absolute atomic E-state index is 0.0731. The molecule has 7 heteroatoms. The van der Waals surface area contributed by atoms with Crippen LogP contribution >= 0.6 is 11.3 Å². The number of hydrogen-bond donors (Lipinski definition) is 1. The van der Waals surface area contributed by atoms with Gasteiger partial charge >= 0.3 is 6.03 Å². The van der Waals surface area contributed by atoms with Gasteiger partial charge in [-0.2, -0.15) is 0 Å². The average Bonchev–Trinajstić information content (AvgIpc) is 2.68. The quantitative estimate of drug-likeness (QED) is 0.803. The van der Waals surface area contributed by atoms with Gasteiger partial charge in [0.15, 0.2) is 0 Å². The van der Waals surface area contributed by atoms with Gasteiger partial charge in [0.05, 0.1) is 12.2 Å². The van der Waals surface area contributed by atoms with Gasteiger partial charge in [-0.15, -0.1) is 10.2 Å². The van der Waals surface area contributed by atoms with Gasteiger partial charge in [0.25, 0.3) is 0 Å². The standard InChI is InChI=1S/C9H14N4O2S/c1-6-3-13(4-7(2)15-6)9(14)11-8-12-10-5-16-8/h5-7H,3-4H2,1-2H3,(H,11,12,14)/t6-,7+. The zero-order chi connectivity index (χ0) is 11.5. The smallest absolute Gasteiger partial charge is 0.323 e. The monoisotopic (exact) mass is 242 g/mol. The highest BCUT2D eigenvalue weighted by Crippen LogP contribution is 2.14. The minimum Gasteiger partial charge on any atom is -0.372 e. The van der Waals surface area contributed by atoms with E-state index in [-0.39, 0.29) is 18.2 Å². The summed E-state index contributed by atoms with van der Waals surface area (Å²) in [6.45, 7) is 5.13. The lowest BCUT2D eigenvalue weighted by molar-refractivity contribution is -0.0530. The topological polar surface area (TPSA) is 67.4 Å². The second-order valence-corrected chi connectivity index (χ2v) is 4.67. The van der Waals surface area contributed by atoms with Crippen LogP contribution in [0, 0.1) is 0 Å². The molecule has 0 saturated carbocycles. The first-order valence-corrected chi connectivity index (χ1v) is 6.00. The summed E-state index contributed by atoms with van der Waals surface area (Å²) >= 11 is 1.30. The summed E-state index contributed by atoms with van der Waals surface area (Å²) in [7, 11) is 0. The van der Waals surface area contributed by atoms with Gasteiger partial charge in [0.1, 0.15) is 5.51 Å². The Morgan fingerprint density at radius 2 is 2.25 bits per heavy atom. The largest absolute Gasteiger partial charge is 0.372 e. The van der Waals surface area contributed by atoms with Crippen LogP contribution in [0.25, 0.3) is 0 Å². The van der Waals surface area contributed by atoms with Crippen molar-refractivity contribution in [2.75, 3.05) is 18.4 Å². The Balaban J connectivity index is 1.94. The van der Waals surface area contributed by atoms with Gasteiger partial charge in [-0.25, -0.2) is 4.79 Å². The van der Waals surface area contributed by atoms with Crippen LogP contribution in [0.4, 0.5) is 9.93 Å². The molecule has 0 radical (unpaired) electrons. The van der Waals surface area contributed by atoms with Crippen LogP contribution in [0.1, 0.15) is 13.8 Å². The number of amides is 2. The highest BCUT2D eigenvalue weighted by atomic mass is 32.1. The summed E-state index contributed by atoms with van der Waals surface area (Å²) in [5.74, 6) is 0. The van der Waals surface area contributed by atoms with Gasteiger partial charge in [-0.3, -0.25) is 5.32 Å². The van der Waals surface area contributed by atoms with Gasteiger partial charge in [-0.05, 0) is 13.8 Å². The summed E-state index contributed by atoms with van der Waals surface area (Å²) in [6.07, 6.45) is 0.146. The van der Waals surface area contributed by atoms with Crippen molar-refractivity contribution in [3.8, 4) is 0 Å². The van der Waals surface area contributed by atoms with E-state index in [0.717, 1.165) is 0 Å². The van der Waals surface area contributed by atoms with E-state index in [1.165, 1.54) is 11.3 Å². The van der Waals surface area contributed by atoms with Crippen molar-refractivity contribution < 1.29 is 9.53 Å². The number of aromatic nitrogens is 2. The lowest BCUT2D eigenvalue weighted by atomic mass is 10.2. The highest BCUT2D eigenvalue weighted by molar-refractivity contribution is 7.13. The van der Waals surface area contributed by atoms with Crippen molar-refractivity contribution in [2.45, 2.75) is 26.1 Å². The number of morpholine rings is 1. The molecule has 1 N–H and O–H groups in total. The van der Waals surface area contributed by atoms with Crippen molar-refractivity contribution in [1.82, 2.24) is 15.1 Å². The molecule has 1 aliphatic rings. The number of hydrogen-bond acceptors (Lipinski definition) is 5. The summed E-state index contributed by atoms with van der Waals surface area (Å²) < 4.78 is 5.55. The number of rotatable bonds is 1. The zero-order valence-electron chi connectivity index (χ0n) is 9.21. The van der Waals surface area contributed by atoms with Crippen molar-refractivity contribution in [1.29, 1.82) is 0 Å². The molecule has 0 aliphatic carbocycles. The van der Waals surface area contributed by atoms with E-state index in [2.05, 4.69) is 15.5 Å². The van der Waals surface area contributed by atoms with Crippen LogP contribution in [0.3, 0.4) is 0 Å². The third-order valence-electron chi connectivity index (χ3n) is 2.28. The van der Waals surface area contributed by atoms with Crippen LogP contribution in [0.2, 0.25) is 0 Å². The van der Waals surface area contributed by atoms with Crippen LogP contribution in [0.15, 0.2) is 5.51 Å². The van der Waals surface area contributed by atoms with Crippen molar-refractivity contribution in [3.05, 3.63) is 5.51 Å². The Hall–Kier alpha value is -1.21. The Morgan fingerprint density at radius 3 is 2.81 bits per heavy atom. The van der Waals surface area contributed by atoms with E-state index >= 15 is 0 Å². The first-order chi connectivity index (χ1) is 7.65. The number of anilines is 1. The van der Waals surface area contributed by atoms with Crippen LogP contribution in [-0.2, 0) is 4.74 Å². The van der Waals surface area contributed by atoms with E-state index in [9.17, 15) is 4.79 Å². The normalized spacial score (nSPS) is 25.5. The maximum atomic E-state index is 11.9. The maximum Gasteiger partial charge on any atom is 0.323 e. The number of carbonyl (C=O) groups is 1. The molecule has 1 aromatic rings. The van der Waals surface area contributed by atoms with Crippen molar-refractivity contribution in [3.63, 3.8) is 0 Å². The van der Waals surface area contributed by atoms with E-state index in [0.29, 0.717) is 18.2 Å². The number of nitrogens with zero attached hydrogens (tertiary/aromatic N) is 3. The van der Waals surface area contributed by atoms with Gasteiger partial charge in [0, 0.05) is 13.1 Å². The number of carbonyl (C=O) groups excluding carboxylic acids is 1. The van der Waals surface area contributed by atoms with Gasteiger partial charge in [-0.1, -0.05) is 11.3 Å². The Morgan fingerprint density at radius 1 is 1.56 bits per heavy atom. The maximum absolute atomic E-state index is 11.9. The highest BCUT2D eigenvalue weighted by Gasteiger charge is 2.26. The summed E-state index contributed by atoms with van der Waals surface area (Å²) in [4.78, 5) is 13.6. The Kier molecular flexibility index (Phi) is 3.35. The van der Waals surface area contributed by atoms with Gasteiger partial charge in [0.2, 0.25) is 5.13 Å². The van der Waals surface area contributed by atoms with Crippen LogP contribution in [-0.4, -0.2) is 46.4 Å². The molecular weight excluding hydrogens is 228 g/mol. The second-order valence-electron chi connectivity index (χ2n) is 3.84. The fourth-order valence-electron chi connectivity index (χ4n) is 1.74. The fraction of sp³-hybridized carbons (Fsp3) is 0.667. The number of ether oxygens (including phenoxy) is 1. The van der Waals surface area contributed by atoms with E-state index in [1.807, 2.05) is 13.8 Å². The molecule has 2 rings (SSSR count). The number of urea groups is 1. The molecule has 16 heavy (non-hydrogen) atoms. The molecule has 0 aromatic carbocycles. The average molecular weight is 242 g/mol. The summed E-state index contributed by atoms with van der Waals surface area (Å²) in [6, 6.07) is -0.140. The van der Waals surface area contributed by atoms with Crippen molar-refractivity contribution in [2.24, 2.45) is 0 Å². The van der Waals surface area contributed by atoms with E-state index in [1.54, 1.807) is 10.4 Å². The third-order valence-corrected chi connectivity index (χ3v) is 2.89. The zero-order valence-corrected chi connectivity index (χ0v) is 10.0. The molecule has 1 fully saturated rings.